The van der Waals surface area contributed by atoms with Gasteiger partial charge in [0.1, 0.15) is 10.7 Å². The van der Waals surface area contributed by atoms with Gasteiger partial charge in [-0.25, -0.2) is 4.98 Å². The van der Waals surface area contributed by atoms with Gasteiger partial charge in [0, 0.05) is 42.1 Å². The second-order valence-electron chi connectivity index (χ2n) is 5.94. The topological polar surface area (TPSA) is 45.2 Å². The van der Waals surface area contributed by atoms with Crippen LogP contribution in [0.25, 0.3) is 10.6 Å². The summed E-state index contributed by atoms with van der Waals surface area (Å²) in [5.41, 5.74) is 1.51. The molecule has 0 radical (unpaired) electrons. The maximum Gasteiger partial charge on any atom is 0.273 e. The molecule has 0 saturated carbocycles. The molecule has 24 heavy (non-hydrogen) atoms. The second kappa shape index (κ2) is 8.02. The van der Waals surface area contributed by atoms with Crippen molar-refractivity contribution in [1.29, 1.82) is 0 Å². The van der Waals surface area contributed by atoms with Crippen LogP contribution < -0.4 is 5.32 Å². The molecule has 0 unspecified atom stereocenters. The number of rotatable bonds is 2. The maximum atomic E-state index is 12.6. The predicted molar refractivity (Wildman–Crippen MR) is 103 cm³/mol. The van der Waals surface area contributed by atoms with Crippen LogP contribution in [0.5, 0.6) is 0 Å². The van der Waals surface area contributed by atoms with Gasteiger partial charge in [-0.3, -0.25) is 4.79 Å². The van der Waals surface area contributed by atoms with Crippen LogP contribution >= 0.6 is 47.8 Å². The van der Waals surface area contributed by atoms with E-state index >= 15 is 0 Å². The van der Waals surface area contributed by atoms with Crippen molar-refractivity contribution in [3.8, 4) is 10.6 Å². The molecule has 8 heteroatoms. The number of fused-ring (bicyclic) bond motifs is 1. The molecule has 2 aliphatic heterocycles. The summed E-state index contributed by atoms with van der Waals surface area (Å²) in [6, 6.07) is 7.57. The normalized spacial score (nSPS) is 21.8. The van der Waals surface area contributed by atoms with Crippen LogP contribution in [0.2, 0.25) is 5.02 Å². The number of amides is 1. The Bertz CT molecular complexity index is 712. The third-order valence-corrected chi connectivity index (χ3v) is 5.60. The highest BCUT2D eigenvalue weighted by Crippen LogP contribution is 2.30. The first-order chi connectivity index (χ1) is 10.7. The third kappa shape index (κ3) is 3.70. The third-order valence-electron chi connectivity index (χ3n) is 4.47. The minimum Gasteiger partial charge on any atom is -0.337 e. The zero-order valence-corrected chi connectivity index (χ0v) is 16.0. The van der Waals surface area contributed by atoms with Crippen molar-refractivity contribution in [2.45, 2.75) is 0 Å². The number of likely N-dealkylation sites (tertiary alicyclic amines) is 1. The van der Waals surface area contributed by atoms with Gasteiger partial charge in [0.15, 0.2) is 0 Å². The van der Waals surface area contributed by atoms with Crippen molar-refractivity contribution >= 4 is 53.7 Å². The van der Waals surface area contributed by atoms with Crippen LogP contribution in [-0.4, -0.2) is 42.0 Å². The lowest BCUT2D eigenvalue weighted by molar-refractivity contribution is 0.0777. The quantitative estimate of drug-likeness (QED) is 0.829. The molecule has 130 valence electrons. The average Bonchev–Trinajstić information content (AvgIpc) is 3.22. The van der Waals surface area contributed by atoms with E-state index in [9.17, 15) is 4.79 Å². The van der Waals surface area contributed by atoms with Gasteiger partial charge in [-0.05, 0) is 24.0 Å². The number of aromatic nitrogens is 1. The molecule has 1 aromatic carbocycles. The number of halogens is 3. The summed E-state index contributed by atoms with van der Waals surface area (Å²) in [7, 11) is 0. The fraction of sp³-hybridized carbons (Fsp3) is 0.375. The smallest absolute Gasteiger partial charge is 0.273 e. The van der Waals surface area contributed by atoms with Gasteiger partial charge < -0.3 is 10.2 Å². The molecule has 1 aromatic heterocycles. The van der Waals surface area contributed by atoms with E-state index < -0.39 is 0 Å². The molecule has 1 amide bonds. The standard InChI is InChI=1S/C16H16ClN3OS.2ClH/c17-13-3-1-2-10(4-13)15-19-14(9-22-15)16(21)20-7-11-5-18-6-12(11)8-20;;/h1-4,9,11-12,18H,5-8H2;2*1H/t11-,12+;;. The molecule has 4 nitrogen and oxygen atoms in total. The predicted octanol–water partition coefficient (Wildman–Crippen LogP) is 3.60. The first-order valence-electron chi connectivity index (χ1n) is 7.42. The molecule has 4 rings (SSSR count). The van der Waals surface area contributed by atoms with E-state index in [2.05, 4.69) is 10.3 Å². The maximum absolute atomic E-state index is 12.6. The first kappa shape index (κ1) is 19.5. The van der Waals surface area contributed by atoms with E-state index in [1.165, 1.54) is 11.3 Å². The molecular weight excluding hydrogens is 389 g/mol. The van der Waals surface area contributed by atoms with Gasteiger partial charge in [-0.15, -0.1) is 36.2 Å². The summed E-state index contributed by atoms with van der Waals surface area (Å²) < 4.78 is 0. The molecule has 1 N–H and O–H groups in total. The number of nitrogens with one attached hydrogen (secondary N) is 1. The summed E-state index contributed by atoms with van der Waals surface area (Å²) in [6.45, 7) is 3.75. The van der Waals surface area contributed by atoms with Crippen molar-refractivity contribution in [2.24, 2.45) is 11.8 Å². The van der Waals surface area contributed by atoms with E-state index in [4.69, 9.17) is 11.6 Å². The molecule has 2 saturated heterocycles. The van der Waals surface area contributed by atoms with E-state index in [0.717, 1.165) is 36.8 Å². The van der Waals surface area contributed by atoms with Crippen molar-refractivity contribution in [1.82, 2.24) is 15.2 Å². The van der Waals surface area contributed by atoms with E-state index in [1.807, 2.05) is 34.5 Å². The van der Waals surface area contributed by atoms with E-state index in [0.29, 0.717) is 22.6 Å². The molecular formula is C16H18Cl3N3OS. The number of carbonyl (C=O) groups is 1. The van der Waals surface area contributed by atoms with Gasteiger partial charge in [0.2, 0.25) is 0 Å². The lowest BCUT2D eigenvalue weighted by Crippen LogP contribution is -2.32. The Morgan fingerprint density at radius 3 is 2.62 bits per heavy atom. The van der Waals surface area contributed by atoms with Crippen molar-refractivity contribution in [3.05, 3.63) is 40.4 Å². The molecule has 3 heterocycles. The van der Waals surface area contributed by atoms with Crippen LogP contribution in [0.3, 0.4) is 0 Å². The summed E-state index contributed by atoms with van der Waals surface area (Å²) in [5, 5.41) is 6.76. The van der Waals surface area contributed by atoms with E-state index in [-0.39, 0.29) is 30.7 Å². The lowest BCUT2D eigenvalue weighted by atomic mass is 10.0. The van der Waals surface area contributed by atoms with Crippen molar-refractivity contribution in [2.75, 3.05) is 26.2 Å². The van der Waals surface area contributed by atoms with Crippen LogP contribution in [0.1, 0.15) is 10.5 Å². The van der Waals surface area contributed by atoms with Gasteiger partial charge in [0.25, 0.3) is 5.91 Å². The van der Waals surface area contributed by atoms with Gasteiger partial charge in [-0.2, -0.15) is 0 Å². The van der Waals surface area contributed by atoms with Gasteiger partial charge in [-0.1, -0.05) is 23.7 Å². The Morgan fingerprint density at radius 2 is 1.96 bits per heavy atom. The highest BCUT2D eigenvalue weighted by atomic mass is 35.5. The Labute approximate surface area is 162 Å². The van der Waals surface area contributed by atoms with Crippen LogP contribution in [0, 0.1) is 11.8 Å². The minimum atomic E-state index is 0. The second-order valence-corrected chi connectivity index (χ2v) is 7.23. The average molecular weight is 407 g/mol. The number of carbonyl (C=O) groups excluding carboxylic acids is 1. The fourth-order valence-electron chi connectivity index (χ4n) is 3.31. The molecule has 2 fully saturated rings. The molecule has 0 spiro atoms. The highest BCUT2D eigenvalue weighted by Gasteiger charge is 2.38. The fourth-order valence-corrected chi connectivity index (χ4v) is 4.29. The Balaban J connectivity index is 0.00000104. The van der Waals surface area contributed by atoms with Crippen LogP contribution in [0.15, 0.2) is 29.6 Å². The zero-order valence-electron chi connectivity index (χ0n) is 12.8. The number of hydrogen-bond acceptors (Lipinski definition) is 4. The first-order valence-corrected chi connectivity index (χ1v) is 8.68. The molecule has 2 aromatic rings. The molecule has 0 aliphatic carbocycles. The summed E-state index contributed by atoms with van der Waals surface area (Å²) in [4.78, 5) is 19.1. The van der Waals surface area contributed by atoms with Crippen LogP contribution in [-0.2, 0) is 0 Å². The number of thiazole rings is 1. The Hall–Kier alpha value is -0.850. The van der Waals surface area contributed by atoms with Gasteiger partial charge >= 0.3 is 0 Å². The van der Waals surface area contributed by atoms with Crippen molar-refractivity contribution in [3.63, 3.8) is 0 Å². The lowest BCUT2D eigenvalue weighted by Gasteiger charge is -2.15. The molecule has 0 bridgehead atoms. The molecule has 2 atom stereocenters. The van der Waals surface area contributed by atoms with Gasteiger partial charge in [0.05, 0.1) is 0 Å². The number of benzene rings is 1. The summed E-state index contributed by atoms with van der Waals surface area (Å²) >= 11 is 7.51. The number of hydrogen-bond donors (Lipinski definition) is 1. The highest BCUT2D eigenvalue weighted by molar-refractivity contribution is 7.13. The largest absolute Gasteiger partial charge is 0.337 e. The monoisotopic (exact) mass is 405 g/mol. The SMILES string of the molecule is Cl.Cl.O=C(c1csc(-c2cccc(Cl)c2)n1)N1C[C@H]2CNC[C@H]2C1. The minimum absolute atomic E-state index is 0. The number of nitrogens with zero attached hydrogens (tertiary/aromatic N) is 2. The van der Waals surface area contributed by atoms with E-state index in [1.54, 1.807) is 0 Å². The molecule has 2 aliphatic rings. The Kier molecular flexibility index (Phi) is 6.51. The Morgan fingerprint density at radius 1 is 1.25 bits per heavy atom. The summed E-state index contributed by atoms with van der Waals surface area (Å²) in [6.07, 6.45) is 0. The van der Waals surface area contributed by atoms with Crippen molar-refractivity contribution < 1.29 is 4.79 Å². The van der Waals surface area contributed by atoms with Crippen LogP contribution in [0.4, 0.5) is 0 Å². The summed E-state index contributed by atoms with van der Waals surface area (Å²) in [5.74, 6) is 1.27. The zero-order chi connectivity index (χ0) is 15.1.